The maximum absolute atomic E-state index is 4.30. The van der Waals surface area contributed by atoms with Crippen molar-refractivity contribution in [1.29, 1.82) is 0 Å². The molecule has 80 valence electrons. The highest BCUT2D eigenvalue weighted by Crippen LogP contribution is 2.20. The lowest BCUT2D eigenvalue weighted by atomic mass is 10.2. The number of nitrogens with zero attached hydrogens (tertiary/aromatic N) is 2. The van der Waals surface area contributed by atoms with E-state index in [1.54, 1.807) is 0 Å². The standard InChI is InChI=1S/C7H8.C5H8N2S/c1-7-5-3-2-4-6-7;1-2-7-3-4-8-5(7)6-1/h2-6H,1H3;1-4H2. The van der Waals surface area contributed by atoms with Crippen LogP contribution >= 0.6 is 11.8 Å². The van der Waals surface area contributed by atoms with Crippen LogP contribution in [0.5, 0.6) is 0 Å². The quantitative estimate of drug-likeness (QED) is 0.667. The molecular weight excluding hydrogens is 204 g/mol. The molecule has 0 saturated carbocycles. The van der Waals surface area contributed by atoms with Crippen molar-refractivity contribution < 1.29 is 0 Å². The van der Waals surface area contributed by atoms with Gasteiger partial charge in [0.2, 0.25) is 0 Å². The van der Waals surface area contributed by atoms with Crippen LogP contribution in [0.1, 0.15) is 5.56 Å². The Labute approximate surface area is 95.4 Å². The van der Waals surface area contributed by atoms with E-state index in [4.69, 9.17) is 0 Å². The molecule has 1 saturated heterocycles. The van der Waals surface area contributed by atoms with Crippen LogP contribution in [0.4, 0.5) is 0 Å². The van der Waals surface area contributed by atoms with Crippen LogP contribution in [0.25, 0.3) is 0 Å². The molecule has 0 radical (unpaired) electrons. The predicted molar refractivity (Wildman–Crippen MR) is 67.5 cm³/mol. The lowest BCUT2D eigenvalue weighted by Gasteiger charge is -2.06. The second-order valence-electron chi connectivity index (χ2n) is 3.65. The Balaban J connectivity index is 0.000000115. The number of aliphatic imine (C=N–C) groups is 1. The molecule has 0 amide bonds. The van der Waals surface area contributed by atoms with Crippen molar-refractivity contribution in [2.24, 2.45) is 4.99 Å². The number of fused-ring (bicyclic) bond motifs is 1. The van der Waals surface area contributed by atoms with Gasteiger partial charge in [0, 0.05) is 18.8 Å². The van der Waals surface area contributed by atoms with Gasteiger partial charge in [0.15, 0.2) is 5.17 Å². The molecule has 0 aliphatic carbocycles. The van der Waals surface area contributed by atoms with Gasteiger partial charge in [0.1, 0.15) is 0 Å². The van der Waals surface area contributed by atoms with Crippen LogP contribution in [-0.2, 0) is 0 Å². The normalized spacial score (nSPS) is 17.9. The van der Waals surface area contributed by atoms with Gasteiger partial charge >= 0.3 is 0 Å². The summed E-state index contributed by atoms with van der Waals surface area (Å²) in [5, 5.41) is 1.28. The van der Waals surface area contributed by atoms with E-state index >= 15 is 0 Å². The van der Waals surface area contributed by atoms with Crippen molar-refractivity contribution in [3.05, 3.63) is 35.9 Å². The van der Waals surface area contributed by atoms with Crippen LogP contribution in [-0.4, -0.2) is 35.5 Å². The van der Waals surface area contributed by atoms with Crippen molar-refractivity contribution in [3.8, 4) is 0 Å². The highest BCUT2D eigenvalue weighted by atomic mass is 32.2. The number of hydrogen-bond acceptors (Lipinski definition) is 3. The van der Waals surface area contributed by atoms with Crippen LogP contribution in [0.3, 0.4) is 0 Å². The smallest absolute Gasteiger partial charge is 0.159 e. The molecule has 2 aliphatic heterocycles. The number of aryl methyl sites for hydroxylation is 1. The summed E-state index contributed by atoms with van der Waals surface area (Å²) in [6, 6.07) is 10.3. The molecule has 0 spiro atoms. The fourth-order valence-electron chi connectivity index (χ4n) is 1.59. The van der Waals surface area contributed by atoms with Gasteiger partial charge in [-0.2, -0.15) is 0 Å². The molecule has 2 nitrogen and oxygen atoms in total. The number of thioether (sulfide) groups is 1. The van der Waals surface area contributed by atoms with Crippen molar-refractivity contribution in [1.82, 2.24) is 4.90 Å². The first-order valence-electron chi connectivity index (χ1n) is 5.30. The third kappa shape index (κ3) is 2.99. The summed E-state index contributed by atoms with van der Waals surface area (Å²) in [7, 11) is 0. The molecule has 1 fully saturated rings. The lowest BCUT2D eigenvalue weighted by molar-refractivity contribution is 0.504. The molecule has 1 aromatic rings. The third-order valence-corrected chi connectivity index (χ3v) is 3.45. The maximum Gasteiger partial charge on any atom is 0.159 e. The monoisotopic (exact) mass is 220 g/mol. The van der Waals surface area contributed by atoms with Gasteiger partial charge in [-0.15, -0.1) is 0 Å². The van der Waals surface area contributed by atoms with Gasteiger partial charge < -0.3 is 4.90 Å². The molecule has 1 aromatic carbocycles. The topological polar surface area (TPSA) is 15.6 Å². The SMILES string of the molecule is C1CN2CCSC2=N1.Cc1ccccc1. The Hall–Kier alpha value is -0.960. The largest absolute Gasteiger partial charge is 0.349 e. The Morgan fingerprint density at radius 3 is 2.60 bits per heavy atom. The van der Waals surface area contributed by atoms with Gasteiger partial charge in [-0.25, -0.2) is 0 Å². The molecule has 2 heterocycles. The summed E-state index contributed by atoms with van der Waals surface area (Å²) in [6.45, 7) is 5.51. The molecule has 3 heteroatoms. The minimum absolute atomic E-state index is 1.03. The third-order valence-electron chi connectivity index (χ3n) is 2.42. The molecule has 2 aliphatic rings. The van der Waals surface area contributed by atoms with Crippen LogP contribution in [0.2, 0.25) is 0 Å². The predicted octanol–water partition coefficient (Wildman–Crippen LogP) is 2.40. The first-order chi connectivity index (χ1) is 7.36. The number of rotatable bonds is 0. The summed E-state index contributed by atoms with van der Waals surface area (Å²) < 4.78 is 0. The van der Waals surface area contributed by atoms with Gasteiger partial charge in [-0.1, -0.05) is 47.7 Å². The number of benzene rings is 1. The highest BCUT2D eigenvalue weighted by Gasteiger charge is 2.21. The lowest BCUT2D eigenvalue weighted by Crippen LogP contribution is -2.20. The van der Waals surface area contributed by atoms with E-state index < -0.39 is 0 Å². The zero-order chi connectivity index (χ0) is 10.5. The first kappa shape index (κ1) is 10.6. The van der Waals surface area contributed by atoms with E-state index in [2.05, 4.69) is 28.9 Å². The first-order valence-corrected chi connectivity index (χ1v) is 6.28. The molecule has 15 heavy (non-hydrogen) atoms. The average Bonchev–Trinajstić information content (AvgIpc) is 2.80. The molecule has 0 N–H and O–H groups in total. The zero-order valence-corrected chi connectivity index (χ0v) is 9.83. The molecule has 3 rings (SSSR count). The Kier molecular flexibility index (Phi) is 3.67. The van der Waals surface area contributed by atoms with Gasteiger partial charge in [0.25, 0.3) is 0 Å². The average molecular weight is 220 g/mol. The number of hydrogen-bond donors (Lipinski definition) is 0. The summed E-state index contributed by atoms with van der Waals surface area (Å²) in [6.07, 6.45) is 0. The van der Waals surface area contributed by atoms with E-state index in [9.17, 15) is 0 Å². The van der Waals surface area contributed by atoms with Gasteiger partial charge in [-0.3, -0.25) is 4.99 Å². The fourth-order valence-corrected chi connectivity index (χ4v) is 2.63. The highest BCUT2D eigenvalue weighted by molar-refractivity contribution is 8.14. The second kappa shape index (κ2) is 5.21. The fraction of sp³-hybridized carbons (Fsp3) is 0.417. The van der Waals surface area contributed by atoms with Crippen LogP contribution in [0.15, 0.2) is 35.3 Å². The van der Waals surface area contributed by atoms with E-state index in [1.807, 2.05) is 30.0 Å². The minimum atomic E-state index is 1.03. The van der Waals surface area contributed by atoms with Crippen LogP contribution < -0.4 is 0 Å². The summed E-state index contributed by atoms with van der Waals surface area (Å²) in [5.41, 5.74) is 1.32. The zero-order valence-electron chi connectivity index (χ0n) is 9.02. The molecule has 0 unspecified atom stereocenters. The minimum Gasteiger partial charge on any atom is -0.349 e. The van der Waals surface area contributed by atoms with Crippen molar-refractivity contribution in [3.63, 3.8) is 0 Å². The van der Waals surface area contributed by atoms with E-state index in [-0.39, 0.29) is 0 Å². The van der Waals surface area contributed by atoms with E-state index in [0.717, 1.165) is 6.54 Å². The van der Waals surface area contributed by atoms with Crippen molar-refractivity contribution in [2.75, 3.05) is 25.4 Å². The Morgan fingerprint density at radius 1 is 1.20 bits per heavy atom. The molecule has 0 aromatic heterocycles. The van der Waals surface area contributed by atoms with Gasteiger partial charge in [-0.05, 0) is 6.92 Å². The summed E-state index contributed by atoms with van der Waals surface area (Å²) >= 11 is 1.89. The van der Waals surface area contributed by atoms with Gasteiger partial charge in [0.05, 0.1) is 6.54 Å². The van der Waals surface area contributed by atoms with Crippen molar-refractivity contribution in [2.45, 2.75) is 6.92 Å². The summed E-state index contributed by atoms with van der Waals surface area (Å²) in [4.78, 5) is 6.66. The molecular formula is C12H16N2S. The van der Waals surface area contributed by atoms with E-state index in [1.165, 1.54) is 29.6 Å². The molecule has 0 bridgehead atoms. The van der Waals surface area contributed by atoms with Crippen molar-refractivity contribution >= 4 is 16.9 Å². The Morgan fingerprint density at radius 2 is 2.00 bits per heavy atom. The number of amidine groups is 1. The Bertz CT molecular complexity index is 335. The second-order valence-corrected chi connectivity index (χ2v) is 4.72. The maximum atomic E-state index is 4.30. The molecule has 0 atom stereocenters. The summed E-state index contributed by atoms with van der Waals surface area (Å²) in [5.74, 6) is 1.25. The van der Waals surface area contributed by atoms with E-state index in [0.29, 0.717) is 0 Å². The van der Waals surface area contributed by atoms with Crippen LogP contribution in [0, 0.1) is 6.92 Å².